The van der Waals surface area contributed by atoms with E-state index in [4.69, 9.17) is 4.74 Å². The van der Waals surface area contributed by atoms with Gasteiger partial charge in [0.15, 0.2) is 5.78 Å². The zero-order chi connectivity index (χ0) is 17.8. The van der Waals surface area contributed by atoms with Crippen molar-refractivity contribution in [2.75, 3.05) is 7.11 Å². The Labute approximate surface area is 145 Å². The molecule has 3 rings (SSSR count). The Kier molecular flexibility index (Phi) is 4.75. The topological polar surface area (TPSA) is 61.2 Å². The van der Waals surface area contributed by atoms with Gasteiger partial charge in [-0.3, -0.25) is 9.48 Å². The summed E-state index contributed by atoms with van der Waals surface area (Å²) in [5.41, 5.74) is 3.71. The predicted molar refractivity (Wildman–Crippen MR) is 94.6 cm³/mol. The number of hydrogen-bond donors (Lipinski definition) is 0. The number of Topliss-reactive ketones (excluding diaryl/α,β-unsaturated/α-hetero) is 1. The smallest absolute Gasteiger partial charge is 0.337 e. The predicted octanol–water partition coefficient (Wildman–Crippen LogP) is 3.59. The number of carbonyl (C=O) groups excluding carboxylic acids is 2. The second kappa shape index (κ2) is 7.13. The van der Waals surface area contributed by atoms with Gasteiger partial charge in [-0.05, 0) is 23.8 Å². The molecule has 0 aliphatic carbocycles. The quantitative estimate of drug-likeness (QED) is 0.528. The lowest BCUT2D eigenvalue weighted by Gasteiger charge is -2.06. The minimum absolute atomic E-state index is 0.0409. The minimum Gasteiger partial charge on any atom is -0.465 e. The summed E-state index contributed by atoms with van der Waals surface area (Å²) in [5, 5.41) is 4.57. The summed E-state index contributed by atoms with van der Waals surface area (Å²) < 4.78 is 6.39. The number of ether oxygens (including phenoxy) is 1. The second-order valence-corrected chi connectivity index (χ2v) is 5.68. The standard InChI is InChI=1S/C20H18N2O3/c1-14(23)19-12-18(16-6-4-3-5-7-16)21-22(19)13-15-8-10-17(11-9-15)20(24)25-2/h3-12H,13H2,1-2H3. The normalized spacial score (nSPS) is 10.5. The zero-order valence-corrected chi connectivity index (χ0v) is 14.1. The van der Waals surface area contributed by atoms with Crippen LogP contribution < -0.4 is 0 Å². The molecule has 0 atom stereocenters. The van der Waals surface area contributed by atoms with Gasteiger partial charge in [0.2, 0.25) is 0 Å². The number of benzene rings is 2. The van der Waals surface area contributed by atoms with Gasteiger partial charge >= 0.3 is 5.97 Å². The molecule has 3 aromatic rings. The van der Waals surface area contributed by atoms with Crippen LogP contribution in [-0.4, -0.2) is 28.6 Å². The Morgan fingerprint density at radius 1 is 1.04 bits per heavy atom. The van der Waals surface area contributed by atoms with Crippen molar-refractivity contribution in [2.24, 2.45) is 0 Å². The van der Waals surface area contributed by atoms with Crippen molar-refractivity contribution < 1.29 is 14.3 Å². The highest BCUT2D eigenvalue weighted by atomic mass is 16.5. The molecule has 5 nitrogen and oxygen atoms in total. The summed E-state index contributed by atoms with van der Waals surface area (Å²) >= 11 is 0. The van der Waals surface area contributed by atoms with Crippen molar-refractivity contribution >= 4 is 11.8 Å². The lowest BCUT2D eigenvalue weighted by molar-refractivity contribution is 0.0600. The van der Waals surface area contributed by atoms with E-state index in [1.165, 1.54) is 14.0 Å². The van der Waals surface area contributed by atoms with Crippen LogP contribution in [0.1, 0.15) is 33.3 Å². The van der Waals surface area contributed by atoms with Crippen LogP contribution in [0.3, 0.4) is 0 Å². The van der Waals surface area contributed by atoms with Gasteiger partial charge < -0.3 is 4.74 Å². The van der Waals surface area contributed by atoms with Crippen molar-refractivity contribution in [3.8, 4) is 11.3 Å². The average Bonchev–Trinajstić information content (AvgIpc) is 3.06. The van der Waals surface area contributed by atoms with Gasteiger partial charge in [0.25, 0.3) is 0 Å². The van der Waals surface area contributed by atoms with E-state index in [9.17, 15) is 9.59 Å². The summed E-state index contributed by atoms with van der Waals surface area (Å²) in [7, 11) is 1.35. The molecule has 0 aliphatic heterocycles. The van der Waals surface area contributed by atoms with Gasteiger partial charge in [0, 0.05) is 12.5 Å². The fraction of sp³-hybridized carbons (Fsp3) is 0.150. The van der Waals surface area contributed by atoms with E-state index >= 15 is 0 Å². The number of ketones is 1. The number of hydrogen-bond acceptors (Lipinski definition) is 4. The Balaban J connectivity index is 1.90. The Hall–Kier alpha value is -3.21. The first-order valence-corrected chi connectivity index (χ1v) is 7.90. The molecule has 0 aliphatic rings. The maximum Gasteiger partial charge on any atom is 0.337 e. The van der Waals surface area contributed by atoms with E-state index in [0.717, 1.165) is 16.8 Å². The van der Waals surface area contributed by atoms with Crippen LogP contribution in [0, 0.1) is 0 Å². The van der Waals surface area contributed by atoms with E-state index in [1.807, 2.05) is 42.5 Å². The SMILES string of the molecule is COC(=O)c1ccc(Cn2nc(-c3ccccc3)cc2C(C)=O)cc1. The molecule has 0 unspecified atom stereocenters. The van der Waals surface area contributed by atoms with E-state index < -0.39 is 0 Å². The Morgan fingerprint density at radius 3 is 2.32 bits per heavy atom. The summed E-state index contributed by atoms with van der Waals surface area (Å²) in [5.74, 6) is -0.415. The molecule has 0 bridgehead atoms. The van der Waals surface area contributed by atoms with Crippen LogP contribution in [0.2, 0.25) is 0 Å². The van der Waals surface area contributed by atoms with Crippen molar-refractivity contribution in [3.05, 3.63) is 77.5 Å². The summed E-state index contributed by atoms with van der Waals surface area (Å²) in [6, 6.07) is 18.6. The van der Waals surface area contributed by atoms with E-state index in [-0.39, 0.29) is 11.8 Å². The molecule has 126 valence electrons. The van der Waals surface area contributed by atoms with Gasteiger partial charge in [0.1, 0.15) is 5.69 Å². The van der Waals surface area contributed by atoms with Crippen LogP contribution in [-0.2, 0) is 11.3 Å². The molecular weight excluding hydrogens is 316 g/mol. The first-order chi connectivity index (χ1) is 12.1. The molecule has 5 heteroatoms. The van der Waals surface area contributed by atoms with Crippen molar-refractivity contribution in [1.29, 1.82) is 0 Å². The van der Waals surface area contributed by atoms with E-state index in [2.05, 4.69) is 5.10 Å². The summed E-state index contributed by atoms with van der Waals surface area (Å²) in [4.78, 5) is 23.5. The molecule has 0 spiro atoms. The fourth-order valence-electron chi connectivity index (χ4n) is 2.61. The molecule has 25 heavy (non-hydrogen) atoms. The van der Waals surface area contributed by atoms with Crippen molar-refractivity contribution in [3.63, 3.8) is 0 Å². The van der Waals surface area contributed by atoms with Crippen LogP contribution in [0.15, 0.2) is 60.7 Å². The molecule has 1 aromatic heterocycles. The molecular formula is C20H18N2O3. The number of esters is 1. The van der Waals surface area contributed by atoms with Gasteiger partial charge in [-0.2, -0.15) is 5.10 Å². The highest BCUT2D eigenvalue weighted by Gasteiger charge is 2.14. The van der Waals surface area contributed by atoms with Crippen LogP contribution in [0.25, 0.3) is 11.3 Å². The van der Waals surface area contributed by atoms with Crippen molar-refractivity contribution in [1.82, 2.24) is 9.78 Å². The molecule has 2 aromatic carbocycles. The zero-order valence-electron chi connectivity index (χ0n) is 14.1. The summed E-state index contributed by atoms with van der Waals surface area (Å²) in [6.07, 6.45) is 0. The minimum atomic E-state index is -0.374. The van der Waals surface area contributed by atoms with E-state index in [1.54, 1.807) is 22.9 Å². The Morgan fingerprint density at radius 2 is 1.72 bits per heavy atom. The average molecular weight is 334 g/mol. The first kappa shape index (κ1) is 16.6. The highest BCUT2D eigenvalue weighted by molar-refractivity contribution is 5.93. The molecule has 0 saturated heterocycles. The number of carbonyl (C=O) groups is 2. The monoisotopic (exact) mass is 334 g/mol. The number of aromatic nitrogens is 2. The van der Waals surface area contributed by atoms with Crippen LogP contribution in [0.5, 0.6) is 0 Å². The lowest BCUT2D eigenvalue weighted by Crippen LogP contribution is -2.09. The first-order valence-electron chi connectivity index (χ1n) is 7.90. The molecule has 0 saturated carbocycles. The Bertz CT molecular complexity index is 896. The fourth-order valence-corrected chi connectivity index (χ4v) is 2.61. The second-order valence-electron chi connectivity index (χ2n) is 5.68. The largest absolute Gasteiger partial charge is 0.465 e. The molecule has 0 fully saturated rings. The molecule has 0 radical (unpaired) electrons. The maximum absolute atomic E-state index is 12.0. The number of methoxy groups -OCH3 is 1. The lowest BCUT2D eigenvalue weighted by atomic mass is 10.1. The van der Waals surface area contributed by atoms with Gasteiger partial charge in [-0.1, -0.05) is 42.5 Å². The maximum atomic E-state index is 12.0. The third-order valence-electron chi connectivity index (χ3n) is 3.92. The molecule has 0 N–H and O–H groups in total. The third-order valence-corrected chi connectivity index (χ3v) is 3.92. The molecule has 0 amide bonds. The van der Waals surface area contributed by atoms with Crippen molar-refractivity contribution in [2.45, 2.75) is 13.5 Å². The van der Waals surface area contributed by atoms with Crippen LogP contribution >= 0.6 is 0 Å². The van der Waals surface area contributed by atoms with Gasteiger partial charge in [-0.15, -0.1) is 0 Å². The number of rotatable bonds is 5. The van der Waals surface area contributed by atoms with Crippen LogP contribution in [0.4, 0.5) is 0 Å². The summed E-state index contributed by atoms with van der Waals surface area (Å²) in [6.45, 7) is 1.98. The van der Waals surface area contributed by atoms with E-state index in [0.29, 0.717) is 17.8 Å². The highest BCUT2D eigenvalue weighted by Crippen LogP contribution is 2.20. The van der Waals surface area contributed by atoms with Gasteiger partial charge in [-0.25, -0.2) is 4.79 Å². The third kappa shape index (κ3) is 3.66. The van der Waals surface area contributed by atoms with Gasteiger partial charge in [0.05, 0.1) is 24.9 Å². The molecule has 1 heterocycles. The number of nitrogens with zero attached hydrogens (tertiary/aromatic N) is 2.